The molecule has 10 heteroatoms. The second-order valence-electron chi connectivity index (χ2n) is 10.1. The molecule has 0 radical (unpaired) electrons. The first-order valence-corrected chi connectivity index (χ1v) is 13.5. The summed E-state index contributed by atoms with van der Waals surface area (Å²) in [7, 11) is 1.91. The lowest BCUT2D eigenvalue weighted by Gasteiger charge is -2.30. The van der Waals surface area contributed by atoms with Crippen molar-refractivity contribution in [2.75, 3.05) is 48.4 Å². The number of β-amino-alcohol motifs (C(OH)–C–C–N with tert-alkyl or cyclic N) is 1. The summed E-state index contributed by atoms with van der Waals surface area (Å²) in [5.41, 5.74) is 3.02. The normalized spacial score (nSPS) is 16.0. The Bertz CT molecular complexity index is 1220. The Balaban J connectivity index is 1.42. The predicted molar refractivity (Wildman–Crippen MR) is 152 cm³/mol. The highest BCUT2D eigenvalue weighted by Gasteiger charge is 2.22. The maximum atomic E-state index is 11.3. The van der Waals surface area contributed by atoms with E-state index in [1.807, 2.05) is 79.2 Å². The molecule has 2 heterocycles. The minimum absolute atomic E-state index is 0.380. The summed E-state index contributed by atoms with van der Waals surface area (Å²) in [6.45, 7) is 6.14. The van der Waals surface area contributed by atoms with Crippen LogP contribution in [-0.2, 0) is 11.2 Å². The minimum atomic E-state index is -0.768. The molecule has 39 heavy (non-hydrogen) atoms. The van der Waals surface area contributed by atoms with E-state index in [4.69, 9.17) is 9.72 Å². The molecular formula is C29H38N6O4. The van der Waals surface area contributed by atoms with Crippen LogP contribution in [0.2, 0.25) is 0 Å². The van der Waals surface area contributed by atoms with Gasteiger partial charge in [-0.25, -0.2) is 0 Å². The summed E-state index contributed by atoms with van der Waals surface area (Å²) in [5.74, 6) is 1.05. The molecular weight excluding hydrogens is 496 g/mol. The second kappa shape index (κ2) is 13.2. The SMILES string of the molecule is CCC(Cc1ccc(OCCN(C)c2nc(Nc3ccc(C)cc3)nc(N3CCCC(O)C3)n2)cc1)C(=O)O. The fraction of sp³-hybridized carbons (Fsp3) is 0.448. The van der Waals surface area contributed by atoms with Crippen molar-refractivity contribution >= 4 is 29.5 Å². The highest BCUT2D eigenvalue weighted by Crippen LogP contribution is 2.23. The van der Waals surface area contributed by atoms with E-state index in [1.165, 1.54) is 5.56 Å². The Morgan fingerprint density at radius 1 is 1.15 bits per heavy atom. The zero-order valence-electron chi connectivity index (χ0n) is 22.9. The molecule has 0 amide bonds. The van der Waals surface area contributed by atoms with E-state index < -0.39 is 12.1 Å². The van der Waals surface area contributed by atoms with Gasteiger partial charge in [0.2, 0.25) is 17.8 Å². The van der Waals surface area contributed by atoms with Crippen LogP contribution >= 0.6 is 0 Å². The summed E-state index contributed by atoms with van der Waals surface area (Å²) in [4.78, 5) is 29.2. The number of rotatable bonds is 12. The molecule has 3 N–H and O–H groups in total. The maximum Gasteiger partial charge on any atom is 0.306 e. The van der Waals surface area contributed by atoms with Crippen molar-refractivity contribution in [1.29, 1.82) is 0 Å². The number of aryl methyl sites for hydroxylation is 1. The van der Waals surface area contributed by atoms with Crippen LogP contribution in [0.5, 0.6) is 5.75 Å². The van der Waals surface area contributed by atoms with Gasteiger partial charge in [-0.3, -0.25) is 4.79 Å². The average Bonchev–Trinajstić information content (AvgIpc) is 2.93. The summed E-state index contributed by atoms with van der Waals surface area (Å²) < 4.78 is 5.94. The van der Waals surface area contributed by atoms with E-state index >= 15 is 0 Å². The number of nitrogens with one attached hydrogen (secondary N) is 1. The van der Waals surface area contributed by atoms with Crippen molar-refractivity contribution < 1.29 is 19.7 Å². The Morgan fingerprint density at radius 3 is 2.56 bits per heavy atom. The van der Waals surface area contributed by atoms with Gasteiger partial charge < -0.3 is 30.1 Å². The lowest BCUT2D eigenvalue weighted by Crippen LogP contribution is -2.39. The third-order valence-corrected chi connectivity index (χ3v) is 6.88. The van der Waals surface area contributed by atoms with Crippen molar-refractivity contribution in [3.63, 3.8) is 0 Å². The second-order valence-corrected chi connectivity index (χ2v) is 10.1. The molecule has 10 nitrogen and oxygen atoms in total. The molecule has 0 saturated carbocycles. The number of carboxylic acids is 1. The number of carbonyl (C=O) groups is 1. The third kappa shape index (κ3) is 8.03. The predicted octanol–water partition coefficient (Wildman–Crippen LogP) is 4.05. The van der Waals surface area contributed by atoms with E-state index in [2.05, 4.69) is 15.3 Å². The van der Waals surface area contributed by atoms with Crippen LogP contribution in [0.3, 0.4) is 0 Å². The number of piperidine rings is 1. The van der Waals surface area contributed by atoms with Crippen LogP contribution in [0.4, 0.5) is 23.5 Å². The monoisotopic (exact) mass is 534 g/mol. The molecule has 1 fully saturated rings. The van der Waals surface area contributed by atoms with Gasteiger partial charge in [0.15, 0.2) is 0 Å². The lowest BCUT2D eigenvalue weighted by molar-refractivity contribution is -0.141. The Kier molecular flexibility index (Phi) is 9.54. The highest BCUT2D eigenvalue weighted by molar-refractivity contribution is 5.70. The van der Waals surface area contributed by atoms with Crippen LogP contribution in [0, 0.1) is 12.8 Å². The van der Waals surface area contributed by atoms with E-state index in [1.54, 1.807) is 0 Å². The molecule has 0 spiro atoms. The number of aliphatic carboxylic acids is 1. The number of hydrogen-bond acceptors (Lipinski definition) is 9. The topological polar surface area (TPSA) is 124 Å². The zero-order valence-corrected chi connectivity index (χ0v) is 22.9. The number of aliphatic hydroxyl groups excluding tert-OH is 1. The summed E-state index contributed by atoms with van der Waals surface area (Å²) in [5, 5.41) is 22.8. The first-order valence-electron chi connectivity index (χ1n) is 13.5. The maximum absolute atomic E-state index is 11.3. The Morgan fingerprint density at radius 2 is 1.90 bits per heavy atom. The van der Waals surface area contributed by atoms with Gasteiger partial charge in [0.1, 0.15) is 12.4 Å². The van der Waals surface area contributed by atoms with Gasteiger partial charge in [0, 0.05) is 25.8 Å². The van der Waals surface area contributed by atoms with Gasteiger partial charge in [0.25, 0.3) is 0 Å². The van der Waals surface area contributed by atoms with Gasteiger partial charge >= 0.3 is 5.97 Å². The summed E-state index contributed by atoms with van der Waals surface area (Å²) in [6, 6.07) is 15.6. The number of aliphatic hydroxyl groups is 1. The minimum Gasteiger partial charge on any atom is -0.492 e. The number of likely N-dealkylation sites (N-methyl/N-ethyl adjacent to an activating group) is 1. The fourth-order valence-electron chi connectivity index (χ4n) is 4.44. The van der Waals surface area contributed by atoms with E-state index in [0.717, 1.165) is 36.4 Å². The average molecular weight is 535 g/mol. The number of anilines is 4. The third-order valence-electron chi connectivity index (χ3n) is 6.88. The molecule has 2 aromatic carbocycles. The summed E-state index contributed by atoms with van der Waals surface area (Å²) >= 11 is 0. The van der Waals surface area contributed by atoms with Crippen LogP contribution in [0.1, 0.15) is 37.3 Å². The number of nitrogens with zero attached hydrogens (tertiary/aromatic N) is 5. The zero-order chi connectivity index (χ0) is 27.8. The standard InChI is InChI=1S/C29H38N6O4/c1-4-22(26(37)38)18-21-9-13-25(14-10-21)39-17-16-34(3)28-31-27(30-23-11-7-20(2)8-12-23)32-29(33-28)35-15-5-6-24(36)19-35/h7-14,22,24,36H,4-6,15-19H2,1-3H3,(H,37,38)(H,30,31,32,33). The van der Waals surface area contributed by atoms with E-state index in [0.29, 0.717) is 50.4 Å². The Labute approximate surface area is 229 Å². The molecule has 1 aromatic heterocycles. The molecule has 1 saturated heterocycles. The van der Waals surface area contributed by atoms with Crippen molar-refractivity contribution in [2.24, 2.45) is 5.92 Å². The largest absolute Gasteiger partial charge is 0.492 e. The molecule has 1 aliphatic heterocycles. The Hall–Kier alpha value is -3.92. The van der Waals surface area contributed by atoms with Crippen molar-refractivity contribution in [3.05, 3.63) is 59.7 Å². The van der Waals surface area contributed by atoms with Gasteiger partial charge in [-0.2, -0.15) is 15.0 Å². The number of aromatic nitrogens is 3. The smallest absolute Gasteiger partial charge is 0.306 e. The molecule has 2 unspecified atom stereocenters. The van der Waals surface area contributed by atoms with Gasteiger partial charge in [-0.1, -0.05) is 36.8 Å². The molecule has 4 rings (SSSR count). The molecule has 2 atom stereocenters. The van der Waals surface area contributed by atoms with Crippen molar-refractivity contribution in [1.82, 2.24) is 15.0 Å². The molecule has 0 bridgehead atoms. The highest BCUT2D eigenvalue weighted by atomic mass is 16.5. The lowest BCUT2D eigenvalue weighted by atomic mass is 9.97. The number of hydrogen-bond donors (Lipinski definition) is 3. The van der Waals surface area contributed by atoms with Crippen molar-refractivity contribution in [2.45, 2.75) is 45.6 Å². The van der Waals surface area contributed by atoms with E-state index in [-0.39, 0.29) is 5.92 Å². The molecule has 1 aliphatic rings. The van der Waals surface area contributed by atoms with Crippen LogP contribution in [0.25, 0.3) is 0 Å². The number of carboxylic acid groups (broad SMARTS) is 1. The van der Waals surface area contributed by atoms with Gasteiger partial charge in [-0.05, 0) is 62.4 Å². The first kappa shape index (κ1) is 28.1. The van der Waals surface area contributed by atoms with Crippen LogP contribution in [-0.4, -0.2) is 70.5 Å². The number of ether oxygens (including phenoxy) is 1. The molecule has 0 aliphatic carbocycles. The van der Waals surface area contributed by atoms with Gasteiger partial charge in [-0.15, -0.1) is 0 Å². The van der Waals surface area contributed by atoms with Crippen LogP contribution < -0.4 is 19.9 Å². The van der Waals surface area contributed by atoms with Crippen molar-refractivity contribution in [3.8, 4) is 5.75 Å². The van der Waals surface area contributed by atoms with Crippen LogP contribution in [0.15, 0.2) is 48.5 Å². The van der Waals surface area contributed by atoms with E-state index in [9.17, 15) is 15.0 Å². The first-order chi connectivity index (χ1) is 18.8. The molecule has 3 aromatic rings. The fourth-order valence-corrected chi connectivity index (χ4v) is 4.44. The quantitative estimate of drug-likeness (QED) is 0.313. The summed E-state index contributed by atoms with van der Waals surface area (Å²) in [6.07, 6.45) is 2.35. The molecule has 208 valence electrons. The number of benzene rings is 2. The van der Waals surface area contributed by atoms with Gasteiger partial charge in [0.05, 0.1) is 18.6 Å².